The number of benzene rings is 1. The first-order valence-corrected chi connectivity index (χ1v) is 6.73. The Morgan fingerprint density at radius 3 is 2.79 bits per heavy atom. The van der Waals surface area contributed by atoms with Crippen LogP contribution >= 0.6 is 0 Å². The van der Waals surface area contributed by atoms with Crippen LogP contribution in [0.25, 0.3) is 0 Å². The topological polar surface area (TPSA) is 114 Å². The highest BCUT2D eigenvalue weighted by Crippen LogP contribution is 2.21. The third kappa shape index (κ3) is 2.51. The zero-order valence-electron chi connectivity index (χ0n) is 10.0. The molecule has 0 fully saturated rings. The second-order valence-electron chi connectivity index (χ2n) is 3.82. The van der Waals surface area contributed by atoms with Crippen LogP contribution in [0.3, 0.4) is 0 Å². The van der Waals surface area contributed by atoms with Gasteiger partial charge in [0.15, 0.2) is 5.82 Å². The van der Waals surface area contributed by atoms with E-state index in [1.807, 2.05) is 6.07 Å². The third-order valence-corrected chi connectivity index (χ3v) is 3.81. The number of sulfonamides is 1. The molecule has 0 aliphatic rings. The van der Waals surface area contributed by atoms with Gasteiger partial charge in [-0.25, -0.2) is 8.42 Å². The van der Waals surface area contributed by atoms with E-state index in [2.05, 4.69) is 9.82 Å². The lowest BCUT2D eigenvalue weighted by Crippen LogP contribution is -2.16. The van der Waals surface area contributed by atoms with E-state index in [0.717, 1.165) is 0 Å². The molecule has 1 aromatic heterocycles. The van der Waals surface area contributed by atoms with Crippen LogP contribution in [0.15, 0.2) is 35.4 Å². The molecular weight excluding hydrogens is 266 g/mol. The smallest absolute Gasteiger partial charge is 0.263 e. The van der Waals surface area contributed by atoms with Crippen molar-refractivity contribution in [2.45, 2.75) is 4.90 Å². The Hall–Kier alpha value is -2.53. The van der Waals surface area contributed by atoms with Gasteiger partial charge in [0.1, 0.15) is 0 Å². The zero-order valence-corrected chi connectivity index (χ0v) is 10.8. The molecule has 0 amide bonds. The van der Waals surface area contributed by atoms with Crippen molar-refractivity contribution >= 4 is 21.5 Å². The van der Waals surface area contributed by atoms with Gasteiger partial charge in [-0.15, -0.1) is 0 Å². The molecule has 0 saturated heterocycles. The fourth-order valence-corrected chi connectivity index (χ4v) is 2.66. The molecule has 0 saturated carbocycles. The molecule has 0 aliphatic carbocycles. The van der Waals surface area contributed by atoms with Gasteiger partial charge in [0, 0.05) is 7.05 Å². The average Bonchev–Trinajstić information content (AvgIpc) is 2.70. The van der Waals surface area contributed by atoms with E-state index in [-0.39, 0.29) is 22.0 Å². The highest BCUT2D eigenvalue weighted by molar-refractivity contribution is 7.92. The van der Waals surface area contributed by atoms with Crippen molar-refractivity contribution in [2.75, 3.05) is 10.5 Å². The van der Waals surface area contributed by atoms with E-state index in [1.54, 1.807) is 7.05 Å². The molecule has 8 heteroatoms. The van der Waals surface area contributed by atoms with E-state index >= 15 is 0 Å². The number of nitrogens with two attached hydrogens (primary N) is 1. The fourth-order valence-electron chi connectivity index (χ4n) is 1.50. The van der Waals surface area contributed by atoms with E-state index in [1.165, 1.54) is 35.1 Å². The molecule has 0 aliphatic heterocycles. The van der Waals surface area contributed by atoms with E-state index in [4.69, 9.17) is 11.0 Å². The minimum absolute atomic E-state index is 0.00727. The van der Waals surface area contributed by atoms with Crippen molar-refractivity contribution in [1.82, 2.24) is 9.78 Å². The van der Waals surface area contributed by atoms with Gasteiger partial charge in [-0.2, -0.15) is 10.4 Å². The van der Waals surface area contributed by atoms with Crippen LogP contribution in [-0.2, 0) is 17.1 Å². The van der Waals surface area contributed by atoms with E-state index in [0.29, 0.717) is 0 Å². The Bertz CT molecular complexity index is 738. The van der Waals surface area contributed by atoms with Crippen molar-refractivity contribution in [3.8, 4) is 6.07 Å². The molecule has 0 atom stereocenters. The second kappa shape index (κ2) is 4.62. The summed E-state index contributed by atoms with van der Waals surface area (Å²) in [5, 5.41) is 12.6. The summed E-state index contributed by atoms with van der Waals surface area (Å²) < 4.78 is 28.0. The summed E-state index contributed by atoms with van der Waals surface area (Å²) in [5.41, 5.74) is 6.11. The SMILES string of the molecule is Cn1ncc(N)c1NS(=O)(=O)c1cccc(C#N)c1. The number of hydrogen-bond donors (Lipinski definition) is 2. The molecule has 3 N–H and O–H groups in total. The Kier molecular flexibility index (Phi) is 3.14. The molecule has 19 heavy (non-hydrogen) atoms. The minimum Gasteiger partial charge on any atom is -0.394 e. The van der Waals surface area contributed by atoms with Crippen molar-refractivity contribution in [1.29, 1.82) is 5.26 Å². The number of nitriles is 1. The van der Waals surface area contributed by atoms with E-state index in [9.17, 15) is 8.42 Å². The number of nitrogens with zero attached hydrogens (tertiary/aromatic N) is 3. The van der Waals surface area contributed by atoms with Gasteiger partial charge in [0.2, 0.25) is 0 Å². The van der Waals surface area contributed by atoms with Crippen LogP contribution in [0.1, 0.15) is 5.56 Å². The lowest BCUT2D eigenvalue weighted by atomic mass is 10.2. The number of rotatable bonds is 3. The molecule has 0 spiro atoms. The fraction of sp³-hybridized carbons (Fsp3) is 0.0909. The Labute approximate surface area is 110 Å². The highest BCUT2D eigenvalue weighted by Gasteiger charge is 2.18. The van der Waals surface area contributed by atoms with Gasteiger partial charge in [-0.05, 0) is 18.2 Å². The summed E-state index contributed by atoms with van der Waals surface area (Å²) in [6.45, 7) is 0. The van der Waals surface area contributed by atoms with Crippen molar-refractivity contribution in [3.05, 3.63) is 36.0 Å². The standard InChI is InChI=1S/C11H11N5O2S/c1-16-11(10(13)7-14-16)15-19(17,18)9-4-2-3-8(5-9)6-12/h2-5,7,15H,13H2,1H3. The number of anilines is 2. The van der Waals surface area contributed by atoms with Crippen LogP contribution in [-0.4, -0.2) is 18.2 Å². The second-order valence-corrected chi connectivity index (χ2v) is 5.50. The number of nitrogens with one attached hydrogen (secondary N) is 1. The summed E-state index contributed by atoms with van der Waals surface area (Å²) in [5.74, 6) is 0.183. The van der Waals surface area contributed by atoms with Gasteiger partial charge in [0.25, 0.3) is 10.0 Å². The predicted octanol–water partition coefficient (Wildman–Crippen LogP) is 0.675. The average molecular weight is 277 g/mol. The van der Waals surface area contributed by atoms with Gasteiger partial charge in [-0.1, -0.05) is 6.07 Å². The quantitative estimate of drug-likeness (QED) is 0.856. The third-order valence-electron chi connectivity index (χ3n) is 2.47. The summed E-state index contributed by atoms with van der Waals surface area (Å²) in [4.78, 5) is -0.00727. The number of nitrogen functional groups attached to an aromatic ring is 1. The van der Waals surface area contributed by atoms with Gasteiger partial charge in [-0.3, -0.25) is 9.40 Å². The Morgan fingerprint density at radius 1 is 1.47 bits per heavy atom. The first-order chi connectivity index (χ1) is 8.94. The predicted molar refractivity (Wildman–Crippen MR) is 69.6 cm³/mol. The number of hydrogen-bond acceptors (Lipinski definition) is 5. The first-order valence-electron chi connectivity index (χ1n) is 5.24. The number of aromatic nitrogens is 2. The summed E-state index contributed by atoms with van der Waals surface area (Å²) in [7, 11) is -2.23. The van der Waals surface area contributed by atoms with Crippen molar-refractivity contribution in [2.24, 2.45) is 7.05 Å². The van der Waals surface area contributed by atoms with Gasteiger partial charge >= 0.3 is 0 Å². The van der Waals surface area contributed by atoms with Crippen LogP contribution in [0.2, 0.25) is 0 Å². The van der Waals surface area contributed by atoms with Crippen LogP contribution in [0.5, 0.6) is 0 Å². The molecule has 98 valence electrons. The first kappa shape index (κ1) is 12.9. The maximum atomic E-state index is 12.2. The molecular formula is C11H11N5O2S. The van der Waals surface area contributed by atoms with Crippen LogP contribution in [0.4, 0.5) is 11.5 Å². The monoisotopic (exact) mass is 277 g/mol. The molecule has 0 radical (unpaired) electrons. The Morgan fingerprint density at radius 2 is 2.21 bits per heavy atom. The summed E-state index contributed by atoms with van der Waals surface area (Å²) in [6.07, 6.45) is 1.35. The minimum atomic E-state index is -3.80. The van der Waals surface area contributed by atoms with Crippen molar-refractivity contribution in [3.63, 3.8) is 0 Å². The summed E-state index contributed by atoms with van der Waals surface area (Å²) in [6, 6.07) is 7.60. The normalized spacial score (nSPS) is 10.9. The van der Waals surface area contributed by atoms with Crippen LogP contribution in [0, 0.1) is 11.3 Å². The van der Waals surface area contributed by atoms with Gasteiger partial charge in [0.05, 0.1) is 28.4 Å². The zero-order chi connectivity index (χ0) is 14.0. The lowest BCUT2D eigenvalue weighted by molar-refractivity contribution is 0.600. The molecule has 1 aromatic carbocycles. The van der Waals surface area contributed by atoms with E-state index < -0.39 is 10.0 Å². The molecule has 1 heterocycles. The molecule has 0 unspecified atom stereocenters. The summed E-state index contributed by atoms with van der Waals surface area (Å²) >= 11 is 0. The lowest BCUT2D eigenvalue weighted by Gasteiger charge is -2.09. The maximum Gasteiger partial charge on any atom is 0.263 e. The largest absolute Gasteiger partial charge is 0.394 e. The molecule has 2 rings (SSSR count). The van der Waals surface area contributed by atoms with Crippen molar-refractivity contribution < 1.29 is 8.42 Å². The highest BCUT2D eigenvalue weighted by atomic mass is 32.2. The molecule has 0 bridgehead atoms. The molecule has 7 nitrogen and oxygen atoms in total. The van der Waals surface area contributed by atoms with Crippen LogP contribution < -0.4 is 10.5 Å². The number of aryl methyl sites for hydroxylation is 1. The Balaban J connectivity index is 2.41. The maximum absolute atomic E-state index is 12.2. The van der Waals surface area contributed by atoms with Gasteiger partial charge < -0.3 is 5.73 Å². The molecule has 2 aromatic rings.